The zero-order valence-electron chi connectivity index (χ0n) is 10.7. The standard InChI is InChI=1S/C14H13F2N3/c1-3-19-8-12(14(15)16)13(18-19)10-5-4-9(2)11(6-10)7-17/h4-6,8,14H,3H2,1-2H3. The second-order valence-corrected chi connectivity index (χ2v) is 4.23. The van der Waals surface area contributed by atoms with Crippen LogP contribution in [0.1, 0.15) is 30.0 Å². The van der Waals surface area contributed by atoms with Gasteiger partial charge in [-0.05, 0) is 25.5 Å². The average molecular weight is 261 g/mol. The molecule has 2 aromatic rings. The summed E-state index contributed by atoms with van der Waals surface area (Å²) in [7, 11) is 0. The minimum atomic E-state index is -2.58. The zero-order valence-corrected chi connectivity index (χ0v) is 10.7. The monoisotopic (exact) mass is 261 g/mol. The van der Waals surface area contributed by atoms with Crippen LogP contribution >= 0.6 is 0 Å². The average Bonchev–Trinajstić information content (AvgIpc) is 2.83. The van der Waals surface area contributed by atoms with E-state index in [1.165, 1.54) is 10.9 Å². The highest BCUT2D eigenvalue weighted by atomic mass is 19.3. The van der Waals surface area contributed by atoms with E-state index in [1.54, 1.807) is 25.1 Å². The minimum Gasteiger partial charge on any atom is -0.272 e. The molecule has 0 spiro atoms. The van der Waals surface area contributed by atoms with Crippen LogP contribution in [0.2, 0.25) is 0 Å². The number of benzene rings is 1. The number of aromatic nitrogens is 2. The number of nitriles is 1. The van der Waals surface area contributed by atoms with Gasteiger partial charge in [-0.25, -0.2) is 8.78 Å². The van der Waals surface area contributed by atoms with Gasteiger partial charge in [-0.1, -0.05) is 12.1 Å². The molecule has 0 unspecified atom stereocenters. The summed E-state index contributed by atoms with van der Waals surface area (Å²) in [6.07, 6.45) is -1.23. The number of nitrogens with zero attached hydrogens (tertiary/aromatic N) is 3. The zero-order chi connectivity index (χ0) is 14.0. The summed E-state index contributed by atoms with van der Waals surface area (Å²) < 4.78 is 27.5. The van der Waals surface area contributed by atoms with Crippen molar-refractivity contribution in [2.75, 3.05) is 0 Å². The largest absolute Gasteiger partial charge is 0.272 e. The van der Waals surface area contributed by atoms with Crippen molar-refractivity contribution < 1.29 is 8.78 Å². The molecule has 2 rings (SSSR count). The lowest BCUT2D eigenvalue weighted by Crippen LogP contribution is -1.94. The van der Waals surface area contributed by atoms with Gasteiger partial charge in [0.1, 0.15) is 5.69 Å². The first-order valence-electron chi connectivity index (χ1n) is 5.93. The second kappa shape index (κ2) is 5.19. The summed E-state index contributed by atoms with van der Waals surface area (Å²) in [4.78, 5) is 0. The van der Waals surface area contributed by atoms with Crippen molar-refractivity contribution in [3.63, 3.8) is 0 Å². The van der Waals surface area contributed by atoms with E-state index in [9.17, 15) is 8.78 Å². The van der Waals surface area contributed by atoms with E-state index in [0.29, 0.717) is 17.7 Å². The Kier molecular flexibility index (Phi) is 3.61. The molecule has 1 aromatic heterocycles. The third-order valence-corrected chi connectivity index (χ3v) is 2.98. The molecule has 0 atom stereocenters. The Morgan fingerprint density at radius 1 is 1.42 bits per heavy atom. The van der Waals surface area contributed by atoms with E-state index < -0.39 is 6.43 Å². The highest BCUT2D eigenvalue weighted by Gasteiger charge is 2.19. The van der Waals surface area contributed by atoms with E-state index in [1.807, 2.05) is 6.92 Å². The number of rotatable bonds is 3. The molecule has 5 heteroatoms. The normalized spacial score (nSPS) is 10.7. The molecule has 1 heterocycles. The molecule has 19 heavy (non-hydrogen) atoms. The predicted octanol–water partition coefficient (Wildman–Crippen LogP) is 3.69. The van der Waals surface area contributed by atoms with Gasteiger partial charge in [0.05, 0.1) is 17.2 Å². The number of alkyl halides is 2. The third-order valence-electron chi connectivity index (χ3n) is 2.98. The fraction of sp³-hybridized carbons (Fsp3) is 0.286. The van der Waals surface area contributed by atoms with Gasteiger partial charge in [0.15, 0.2) is 0 Å². The van der Waals surface area contributed by atoms with Crippen molar-refractivity contribution in [2.24, 2.45) is 0 Å². The molecule has 98 valence electrons. The Morgan fingerprint density at radius 3 is 2.74 bits per heavy atom. The number of halogens is 2. The first kappa shape index (κ1) is 13.2. The van der Waals surface area contributed by atoms with Crippen molar-refractivity contribution in [1.82, 2.24) is 9.78 Å². The van der Waals surface area contributed by atoms with Gasteiger partial charge >= 0.3 is 0 Å². The lowest BCUT2D eigenvalue weighted by Gasteiger charge is -2.03. The van der Waals surface area contributed by atoms with Crippen LogP contribution < -0.4 is 0 Å². The summed E-state index contributed by atoms with van der Waals surface area (Å²) in [5.41, 5.74) is 1.98. The van der Waals surface area contributed by atoms with E-state index in [2.05, 4.69) is 11.2 Å². The van der Waals surface area contributed by atoms with Gasteiger partial charge in [0.2, 0.25) is 0 Å². The molecule has 0 radical (unpaired) electrons. The summed E-state index contributed by atoms with van der Waals surface area (Å²) in [6.45, 7) is 4.17. The van der Waals surface area contributed by atoms with E-state index in [-0.39, 0.29) is 11.3 Å². The summed E-state index contributed by atoms with van der Waals surface area (Å²) in [6, 6.07) is 7.11. The van der Waals surface area contributed by atoms with Gasteiger partial charge in [-0.15, -0.1) is 0 Å². The Labute approximate surface area is 110 Å². The van der Waals surface area contributed by atoms with Crippen LogP contribution in [0.15, 0.2) is 24.4 Å². The van der Waals surface area contributed by atoms with Crippen molar-refractivity contribution >= 4 is 0 Å². The highest BCUT2D eigenvalue weighted by molar-refractivity contribution is 5.65. The topological polar surface area (TPSA) is 41.6 Å². The Morgan fingerprint density at radius 2 is 2.16 bits per heavy atom. The van der Waals surface area contributed by atoms with Crippen molar-refractivity contribution in [3.8, 4) is 17.3 Å². The minimum absolute atomic E-state index is 0.102. The first-order chi connectivity index (χ1) is 9.06. The van der Waals surface area contributed by atoms with Crippen LogP contribution in [0.3, 0.4) is 0 Å². The molecular formula is C14H13F2N3. The molecule has 0 N–H and O–H groups in total. The van der Waals surface area contributed by atoms with E-state index in [4.69, 9.17) is 5.26 Å². The van der Waals surface area contributed by atoms with Gasteiger partial charge in [-0.2, -0.15) is 10.4 Å². The molecule has 0 amide bonds. The quantitative estimate of drug-likeness (QED) is 0.845. The fourth-order valence-electron chi connectivity index (χ4n) is 1.87. The maximum absolute atomic E-state index is 13.0. The van der Waals surface area contributed by atoms with Gasteiger partial charge in [-0.3, -0.25) is 4.68 Å². The van der Waals surface area contributed by atoms with Gasteiger partial charge in [0, 0.05) is 18.3 Å². The molecule has 0 saturated carbocycles. The summed E-state index contributed by atoms with van der Waals surface area (Å²) >= 11 is 0. The smallest absolute Gasteiger partial charge is 0.267 e. The van der Waals surface area contributed by atoms with Crippen LogP contribution in [0.5, 0.6) is 0 Å². The second-order valence-electron chi connectivity index (χ2n) is 4.23. The first-order valence-corrected chi connectivity index (χ1v) is 5.93. The van der Waals surface area contributed by atoms with Crippen LogP contribution in [-0.4, -0.2) is 9.78 Å². The Bertz CT molecular complexity index is 639. The van der Waals surface area contributed by atoms with Crippen molar-refractivity contribution in [1.29, 1.82) is 5.26 Å². The molecule has 0 fully saturated rings. The maximum Gasteiger partial charge on any atom is 0.267 e. The number of aryl methyl sites for hydroxylation is 2. The van der Waals surface area contributed by atoms with Crippen LogP contribution in [0.4, 0.5) is 8.78 Å². The van der Waals surface area contributed by atoms with Crippen molar-refractivity contribution in [3.05, 3.63) is 41.1 Å². The van der Waals surface area contributed by atoms with Crippen LogP contribution in [0, 0.1) is 18.3 Å². The highest BCUT2D eigenvalue weighted by Crippen LogP contribution is 2.30. The Balaban J connectivity index is 2.58. The van der Waals surface area contributed by atoms with Gasteiger partial charge in [0.25, 0.3) is 6.43 Å². The molecule has 0 aliphatic carbocycles. The molecule has 0 saturated heterocycles. The molecule has 0 aliphatic heterocycles. The van der Waals surface area contributed by atoms with Gasteiger partial charge < -0.3 is 0 Å². The molecule has 3 nitrogen and oxygen atoms in total. The maximum atomic E-state index is 13.0. The van der Waals surface area contributed by atoms with E-state index >= 15 is 0 Å². The molecule has 1 aromatic carbocycles. The SMILES string of the molecule is CCn1cc(C(F)F)c(-c2ccc(C)c(C#N)c2)n1. The van der Waals surface area contributed by atoms with Crippen LogP contribution in [0.25, 0.3) is 11.3 Å². The third kappa shape index (κ3) is 2.48. The predicted molar refractivity (Wildman–Crippen MR) is 67.7 cm³/mol. The number of hydrogen-bond donors (Lipinski definition) is 0. The molecule has 0 bridgehead atoms. The van der Waals surface area contributed by atoms with E-state index in [0.717, 1.165) is 5.56 Å². The summed E-state index contributed by atoms with van der Waals surface area (Å²) in [5, 5.41) is 13.1. The van der Waals surface area contributed by atoms with Crippen molar-refractivity contribution in [2.45, 2.75) is 26.8 Å². The lowest BCUT2D eigenvalue weighted by molar-refractivity contribution is 0.152. The number of hydrogen-bond acceptors (Lipinski definition) is 2. The summed E-state index contributed by atoms with van der Waals surface area (Å²) in [5.74, 6) is 0. The molecule has 0 aliphatic rings. The Hall–Kier alpha value is -2.22. The van der Waals surface area contributed by atoms with Crippen LogP contribution in [-0.2, 0) is 6.54 Å². The lowest BCUT2D eigenvalue weighted by atomic mass is 10.0. The molecular weight excluding hydrogens is 248 g/mol. The fourth-order valence-corrected chi connectivity index (χ4v) is 1.87.